The Morgan fingerprint density at radius 2 is 2.20 bits per heavy atom. The molecule has 1 fully saturated rings. The number of pyridine rings is 2. The molecule has 2 heterocycles. The second kappa shape index (κ2) is 7.04. The van der Waals surface area contributed by atoms with Crippen LogP contribution in [0.5, 0.6) is 5.88 Å². The molecule has 1 aliphatic carbocycles. The number of ether oxygens (including phenoxy) is 2. The standard InChI is InChI=1S/C16H18F2N4O3/c1-2-24-15-11-6-13(21-9-4-10(5-9)25-16(19)23)20-7-8(11)3-12(22-15)14(17)18/h3,6-7,9-10,14H,2,4-5H2,1H3,(H2,19,23)(H,20,21)/t9-,10-. The van der Waals surface area contributed by atoms with Crippen molar-refractivity contribution in [3.05, 3.63) is 24.0 Å². The molecule has 0 saturated heterocycles. The molecule has 0 unspecified atom stereocenters. The van der Waals surface area contributed by atoms with Gasteiger partial charge in [0.1, 0.15) is 17.6 Å². The summed E-state index contributed by atoms with van der Waals surface area (Å²) in [7, 11) is 0. The quantitative estimate of drug-likeness (QED) is 0.829. The lowest BCUT2D eigenvalue weighted by molar-refractivity contribution is 0.0517. The zero-order valence-electron chi connectivity index (χ0n) is 13.5. The molecule has 0 aromatic carbocycles. The van der Waals surface area contributed by atoms with E-state index in [0.29, 0.717) is 36.0 Å². The van der Waals surface area contributed by atoms with Crippen LogP contribution in [0.25, 0.3) is 10.8 Å². The van der Waals surface area contributed by atoms with Crippen molar-refractivity contribution >= 4 is 22.7 Å². The SMILES string of the molecule is CCOc1nc(C(F)F)cc2cnc(N[C@H]3C[C@H](OC(N)=O)C3)cc12. The zero-order valence-corrected chi connectivity index (χ0v) is 13.5. The van der Waals surface area contributed by atoms with E-state index < -0.39 is 12.5 Å². The van der Waals surface area contributed by atoms with Crippen molar-refractivity contribution in [1.29, 1.82) is 0 Å². The van der Waals surface area contributed by atoms with E-state index in [4.69, 9.17) is 15.2 Å². The molecule has 3 N–H and O–H groups in total. The highest BCUT2D eigenvalue weighted by molar-refractivity contribution is 5.88. The molecule has 25 heavy (non-hydrogen) atoms. The number of aromatic nitrogens is 2. The van der Waals surface area contributed by atoms with Gasteiger partial charge in [0.25, 0.3) is 6.43 Å². The molecular weight excluding hydrogens is 334 g/mol. The fourth-order valence-corrected chi connectivity index (χ4v) is 2.73. The van der Waals surface area contributed by atoms with Gasteiger partial charge in [-0.05, 0) is 19.1 Å². The van der Waals surface area contributed by atoms with Gasteiger partial charge >= 0.3 is 6.09 Å². The number of nitrogens with two attached hydrogens (primary N) is 1. The van der Waals surface area contributed by atoms with Crippen molar-refractivity contribution in [3.63, 3.8) is 0 Å². The molecule has 1 amide bonds. The van der Waals surface area contributed by atoms with Crippen LogP contribution in [0, 0.1) is 0 Å². The maximum Gasteiger partial charge on any atom is 0.404 e. The summed E-state index contributed by atoms with van der Waals surface area (Å²) in [5.41, 5.74) is 4.63. The third kappa shape index (κ3) is 3.86. The van der Waals surface area contributed by atoms with Gasteiger partial charge in [-0.1, -0.05) is 0 Å². The van der Waals surface area contributed by atoms with E-state index in [-0.39, 0.29) is 23.7 Å². The number of hydrogen-bond acceptors (Lipinski definition) is 6. The summed E-state index contributed by atoms with van der Waals surface area (Å²) in [6, 6.07) is 3.11. The Bertz CT molecular complexity index is 781. The first-order valence-electron chi connectivity index (χ1n) is 7.90. The number of anilines is 1. The second-order valence-electron chi connectivity index (χ2n) is 5.75. The van der Waals surface area contributed by atoms with Crippen LogP contribution in [0.2, 0.25) is 0 Å². The number of primary amides is 1. The lowest BCUT2D eigenvalue weighted by Gasteiger charge is -2.34. The summed E-state index contributed by atoms with van der Waals surface area (Å²) < 4.78 is 36.2. The molecule has 0 radical (unpaired) electrons. The van der Waals surface area contributed by atoms with E-state index in [9.17, 15) is 13.6 Å². The molecule has 3 rings (SSSR count). The van der Waals surface area contributed by atoms with E-state index in [1.165, 1.54) is 12.3 Å². The second-order valence-corrected chi connectivity index (χ2v) is 5.75. The average Bonchev–Trinajstić information content (AvgIpc) is 2.52. The van der Waals surface area contributed by atoms with Crippen molar-refractivity contribution in [2.75, 3.05) is 11.9 Å². The van der Waals surface area contributed by atoms with E-state index >= 15 is 0 Å². The Balaban J connectivity index is 1.78. The Morgan fingerprint density at radius 1 is 1.44 bits per heavy atom. The fourth-order valence-electron chi connectivity index (χ4n) is 2.73. The first-order valence-corrected chi connectivity index (χ1v) is 7.90. The van der Waals surface area contributed by atoms with Crippen LogP contribution in [0.1, 0.15) is 31.9 Å². The van der Waals surface area contributed by atoms with E-state index in [0.717, 1.165) is 0 Å². The van der Waals surface area contributed by atoms with Gasteiger partial charge in [-0.3, -0.25) is 0 Å². The molecule has 0 bridgehead atoms. The van der Waals surface area contributed by atoms with Gasteiger partial charge in [-0.15, -0.1) is 0 Å². The van der Waals surface area contributed by atoms with Crippen LogP contribution in [-0.4, -0.2) is 34.8 Å². The van der Waals surface area contributed by atoms with Crippen LogP contribution in [-0.2, 0) is 4.74 Å². The predicted molar refractivity (Wildman–Crippen MR) is 86.8 cm³/mol. The van der Waals surface area contributed by atoms with Crippen LogP contribution in [0.3, 0.4) is 0 Å². The maximum atomic E-state index is 13.0. The number of nitrogens with one attached hydrogen (secondary N) is 1. The third-order valence-electron chi connectivity index (χ3n) is 3.93. The predicted octanol–water partition coefficient (Wildman–Crippen LogP) is 3.00. The van der Waals surface area contributed by atoms with Crippen LogP contribution >= 0.6 is 0 Å². The van der Waals surface area contributed by atoms with Gasteiger partial charge < -0.3 is 20.5 Å². The molecule has 2 aromatic heterocycles. The monoisotopic (exact) mass is 352 g/mol. The fraction of sp³-hybridized carbons (Fsp3) is 0.438. The minimum Gasteiger partial charge on any atom is -0.478 e. The average molecular weight is 352 g/mol. The highest BCUT2D eigenvalue weighted by atomic mass is 19.3. The molecule has 0 atom stereocenters. The Hall–Kier alpha value is -2.71. The number of rotatable bonds is 6. The lowest BCUT2D eigenvalue weighted by atomic mass is 9.89. The summed E-state index contributed by atoms with van der Waals surface area (Å²) in [6.07, 6.45) is -0.894. The van der Waals surface area contributed by atoms with E-state index in [2.05, 4.69) is 15.3 Å². The van der Waals surface area contributed by atoms with Crippen LogP contribution < -0.4 is 15.8 Å². The number of alkyl halides is 2. The van der Waals surface area contributed by atoms with Crippen molar-refractivity contribution in [1.82, 2.24) is 9.97 Å². The number of hydrogen-bond donors (Lipinski definition) is 2. The van der Waals surface area contributed by atoms with Gasteiger partial charge in [0.2, 0.25) is 5.88 Å². The number of nitrogens with zero attached hydrogens (tertiary/aromatic N) is 2. The highest BCUT2D eigenvalue weighted by Crippen LogP contribution is 2.31. The molecule has 9 heteroatoms. The van der Waals surface area contributed by atoms with Crippen molar-refractivity contribution in [3.8, 4) is 5.88 Å². The van der Waals surface area contributed by atoms with Gasteiger partial charge in [0.15, 0.2) is 0 Å². The molecule has 1 aliphatic rings. The Labute approximate surface area is 142 Å². The smallest absolute Gasteiger partial charge is 0.404 e. The number of carbonyl (C=O) groups is 1. The molecule has 0 spiro atoms. The topological polar surface area (TPSA) is 99.4 Å². The number of carbonyl (C=O) groups excluding carboxylic acids is 1. The largest absolute Gasteiger partial charge is 0.478 e. The van der Waals surface area contributed by atoms with Gasteiger partial charge in [-0.2, -0.15) is 0 Å². The van der Waals surface area contributed by atoms with Crippen LogP contribution in [0.4, 0.5) is 19.4 Å². The third-order valence-corrected chi connectivity index (χ3v) is 3.93. The molecular formula is C16H18F2N4O3. The summed E-state index contributed by atoms with van der Waals surface area (Å²) in [4.78, 5) is 18.8. The number of amides is 1. The molecule has 1 saturated carbocycles. The normalized spacial score (nSPS) is 19.5. The minimum absolute atomic E-state index is 0.0955. The van der Waals surface area contributed by atoms with Crippen LogP contribution in [0.15, 0.2) is 18.3 Å². The van der Waals surface area contributed by atoms with Gasteiger partial charge in [0, 0.05) is 35.9 Å². The Kier molecular flexibility index (Phi) is 4.82. The van der Waals surface area contributed by atoms with E-state index in [1.54, 1.807) is 13.0 Å². The van der Waals surface area contributed by atoms with E-state index in [1.807, 2.05) is 0 Å². The van der Waals surface area contributed by atoms with Crippen molar-refractivity contribution in [2.24, 2.45) is 5.73 Å². The highest BCUT2D eigenvalue weighted by Gasteiger charge is 2.32. The number of fused-ring (bicyclic) bond motifs is 1. The molecule has 0 aliphatic heterocycles. The number of halogens is 2. The lowest BCUT2D eigenvalue weighted by Crippen LogP contribution is -2.42. The summed E-state index contributed by atoms with van der Waals surface area (Å²) in [6.45, 7) is 2.07. The summed E-state index contributed by atoms with van der Waals surface area (Å²) >= 11 is 0. The first-order chi connectivity index (χ1) is 12.0. The zero-order chi connectivity index (χ0) is 18.0. The van der Waals surface area contributed by atoms with Gasteiger partial charge in [0.05, 0.1) is 6.61 Å². The molecule has 134 valence electrons. The van der Waals surface area contributed by atoms with Gasteiger partial charge in [-0.25, -0.2) is 23.5 Å². The maximum absolute atomic E-state index is 13.0. The molecule has 7 nitrogen and oxygen atoms in total. The summed E-state index contributed by atoms with van der Waals surface area (Å²) in [5, 5.41) is 4.34. The Morgan fingerprint density at radius 3 is 2.84 bits per heavy atom. The minimum atomic E-state index is -2.68. The van der Waals surface area contributed by atoms with Crippen molar-refractivity contribution < 1.29 is 23.0 Å². The van der Waals surface area contributed by atoms with Crippen molar-refractivity contribution in [2.45, 2.75) is 38.3 Å². The summed E-state index contributed by atoms with van der Waals surface area (Å²) in [5.74, 6) is 0.729. The first kappa shape index (κ1) is 17.1. The molecule has 2 aromatic rings.